The summed E-state index contributed by atoms with van der Waals surface area (Å²) in [6.45, 7) is 1.33. The van der Waals surface area contributed by atoms with E-state index in [1.165, 1.54) is 10.1 Å². The number of likely N-dealkylation sites (tertiary alicyclic amines) is 1. The van der Waals surface area contributed by atoms with Crippen LogP contribution in [0.25, 0.3) is 21.0 Å². The minimum absolute atomic E-state index is 0.0308. The number of hydrogen-bond donors (Lipinski definition) is 1. The van der Waals surface area contributed by atoms with Gasteiger partial charge in [-0.15, -0.1) is 11.3 Å². The van der Waals surface area contributed by atoms with Gasteiger partial charge in [0.15, 0.2) is 0 Å². The fourth-order valence-electron chi connectivity index (χ4n) is 3.98. The number of fused-ring (bicyclic) bond motifs is 2. The molecule has 0 bridgehead atoms. The highest BCUT2D eigenvalue weighted by Crippen LogP contribution is 2.36. The second-order valence-electron chi connectivity index (χ2n) is 7.26. The zero-order chi connectivity index (χ0) is 18.9. The van der Waals surface area contributed by atoms with Crippen molar-refractivity contribution < 1.29 is 4.79 Å². The van der Waals surface area contributed by atoms with Crippen LogP contribution in [0.2, 0.25) is 0 Å². The van der Waals surface area contributed by atoms with Crippen molar-refractivity contribution >= 4 is 43.9 Å². The van der Waals surface area contributed by atoms with E-state index in [0.29, 0.717) is 6.54 Å². The third-order valence-corrected chi connectivity index (χ3v) is 6.48. The third-order valence-electron chi connectivity index (χ3n) is 5.34. The molecule has 1 atom stereocenters. The SMILES string of the molecule is O=C(CN1CCC[C@H]1c1nc2ccccc2s1)Nc1ccc2ccccc2c1. The number of rotatable bonds is 4. The van der Waals surface area contributed by atoms with Gasteiger partial charge in [-0.25, -0.2) is 4.98 Å². The Morgan fingerprint density at radius 1 is 1.07 bits per heavy atom. The van der Waals surface area contributed by atoms with Crippen molar-refractivity contribution in [3.05, 3.63) is 71.7 Å². The van der Waals surface area contributed by atoms with Crippen molar-refractivity contribution in [2.24, 2.45) is 0 Å². The summed E-state index contributed by atoms with van der Waals surface area (Å²) in [7, 11) is 0. The van der Waals surface area contributed by atoms with Gasteiger partial charge < -0.3 is 5.32 Å². The van der Waals surface area contributed by atoms with E-state index in [1.54, 1.807) is 11.3 Å². The number of hydrogen-bond acceptors (Lipinski definition) is 4. The minimum atomic E-state index is 0.0308. The van der Waals surface area contributed by atoms with Crippen LogP contribution in [-0.2, 0) is 4.79 Å². The van der Waals surface area contributed by atoms with Crippen molar-refractivity contribution in [1.29, 1.82) is 0 Å². The van der Waals surface area contributed by atoms with Gasteiger partial charge >= 0.3 is 0 Å². The number of carbonyl (C=O) groups is 1. The maximum absolute atomic E-state index is 12.7. The molecule has 4 nitrogen and oxygen atoms in total. The average molecular weight is 388 g/mol. The van der Waals surface area contributed by atoms with Crippen molar-refractivity contribution in [3.63, 3.8) is 0 Å². The van der Waals surface area contributed by atoms with Gasteiger partial charge in [0.25, 0.3) is 0 Å². The largest absolute Gasteiger partial charge is 0.325 e. The lowest BCUT2D eigenvalue weighted by Gasteiger charge is -2.22. The lowest BCUT2D eigenvalue weighted by molar-refractivity contribution is -0.117. The summed E-state index contributed by atoms with van der Waals surface area (Å²) in [4.78, 5) is 19.8. The quantitative estimate of drug-likeness (QED) is 0.522. The number of thiazole rings is 1. The normalized spacial score (nSPS) is 17.4. The number of carbonyl (C=O) groups excluding carboxylic acids is 1. The van der Waals surface area contributed by atoms with Crippen LogP contribution in [0.15, 0.2) is 66.7 Å². The number of benzene rings is 3. The van der Waals surface area contributed by atoms with E-state index in [4.69, 9.17) is 4.98 Å². The molecule has 1 aromatic heterocycles. The summed E-state index contributed by atoms with van der Waals surface area (Å²) in [5, 5.41) is 6.49. The Kier molecular flexibility index (Phi) is 4.55. The second kappa shape index (κ2) is 7.34. The molecule has 5 rings (SSSR count). The van der Waals surface area contributed by atoms with Crippen LogP contribution < -0.4 is 5.32 Å². The Morgan fingerprint density at radius 3 is 2.79 bits per heavy atom. The molecule has 140 valence electrons. The Hall–Kier alpha value is -2.76. The average Bonchev–Trinajstić information content (AvgIpc) is 3.34. The lowest BCUT2D eigenvalue weighted by Crippen LogP contribution is -2.32. The molecule has 0 spiro atoms. The fourth-order valence-corrected chi connectivity index (χ4v) is 5.12. The van der Waals surface area contributed by atoms with Crippen molar-refractivity contribution in [2.75, 3.05) is 18.4 Å². The zero-order valence-electron chi connectivity index (χ0n) is 15.5. The summed E-state index contributed by atoms with van der Waals surface area (Å²) in [6, 6.07) is 22.7. The van der Waals surface area contributed by atoms with Crippen LogP contribution in [0.3, 0.4) is 0 Å². The molecule has 1 saturated heterocycles. The Bertz CT molecular complexity index is 1120. The number of nitrogens with one attached hydrogen (secondary N) is 1. The summed E-state index contributed by atoms with van der Waals surface area (Å²) in [5.74, 6) is 0.0308. The number of aromatic nitrogens is 1. The fraction of sp³-hybridized carbons (Fsp3) is 0.217. The molecule has 1 fully saturated rings. The van der Waals surface area contributed by atoms with Gasteiger partial charge in [0, 0.05) is 5.69 Å². The molecule has 4 aromatic rings. The standard InChI is InChI=1S/C23H21N3OS/c27-22(24-18-12-11-16-6-1-2-7-17(16)14-18)15-26-13-5-9-20(26)23-25-19-8-3-4-10-21(19)28-23/h1-4,6-8,10-12,14,20H,5,9,13,15H2,(H,24,27)/t20-/m0/s1. The highest BCUT2D eigenvalue weighted by molar-refractivity contribution is 7.18. The van der Waals surface area contributed by atoms with E-state index in [9.17, 15) is 4.79 Å². The lowest BCUT2D eigenvalue weighted by atomic mass is 10.1. The van der Waals surface area contributed by atoms with Gasteiger partial charge in [-0.3, -0.25) is 9.69 Å². The molecule has 1 N–H and O–H groups in total. The molecule has 0 aliphatic carbocycles. The predicted molar refractivity (Wildman–Crippen MR) is 116 cm³/mol. The van der Waals surface area contributed by atoms with Gasteiger partial charge in [-0.1, -0.05) is 42.5 Å². The smallest absolute Gasteiger partial charge is 0.238 e. The Labute approximate surface area is 167 Å². The van der Waals surface area contributed by atoms with Crippen molar-refractivity contribution in [3.8, 4) is 0 Å². The van der Waals surface area contributed by atoms with Crippen LogP contribution in [0.1, 0.15) is 23.9 Å². The molecule has 0 saturated carbocycles. The number of nitrogens with zero attached hydrogens (tertiary/aromatic N) is 2. The van der Waals surface area contributed by atoms with Crippen molar-refractivity contribution in [2.45, 2.75) is 18.9 Å². The maximum atomic E-state index is 12.7. The molecule has 3 aromatic carbocycles. The number of amides is 1. The monoisotopic (exact) mass is 387 g/mol. The predicted octanol–water partition coefficient (Wildman–Crippen LogP) is 5.23. The molecule has 1 amide bonds. The van der Waals surface area contributed by atoms with E-state index in [-0.39, 0.29) is 11.9 Å². The van der Waals surface area contributed by atoms with Gasteiger partial charge in [0.1, 0.15) is 5.01 Å². The molecule has 0 unspecified atom stereocenters. The molecular weight excluding hydrogens is 366 g/mol. The minimum Gasteiger partial charge on any atom is -0.325 e. The van der Waals surface area contributed by atoms with Crippen molar-refractivity contribution in [1.82, 2.24) is 9.88 Å². The first kappa shape index (κ1) is 17.3. The van der Waals surface area contributed by atoms with Gasteiger partial charge in [-0.05, 0) is 54.4 Å². The molecule has 28 heavy (non-hydrogen) atoms. The van der Waals surface area contributed by atoms with E-state index in [0.717, 1.165) is 41.0 Å². The molecule has 5 heteroatoms. The zero-order valence-corrected chi connectivity index (χ0v) is 16.3. The third kappa shape index (κ3) is 3.39. The van der Waals surface area contributed by atoms with Crippen LogP contribution in [0.4, 0.5) is 5.69 Å². The molecule has 2 heterocycles. The van der Waals surface area contributed by atoms with Crippen LogP contribution in [-0.4, -0.2) is 28.9 Å². The summed E-state index contributed by atoms with van der Waals surface area (Å²) in [6.07, 6.45) is 2.16. The topological polar surface area (TPSA) is 45.2 Å². The maximum Gasteiger partial charge on any atom is 0.238 e. The first-order valence-corrected chi connectivity index (χ1v) is 10.5. The molecular formula is C23H21N3OS. The first-order valence-electron chi connectivity index (χ1n) is 9.64. The first-order chi connectivity index (χ1) is 13.8. The summed E-state index contributed by atoms with van der Waals surface area (Å²) < 4.78 is 1.21. The Morgan fingerprint density at radius 2 is 1.89 bits per heavy atom. The highest BCUT2D eigenvalue weighted by Gasteiger charge is 2.30. The van der Waals surface area contributed by atoms with E-state index < -0.39 is 0 Å². The van der Waals surface area contributed by atoms with E-state index >= 15 is 0 Å². The number of anilines is 1. The van der Waals surface area contributed by atoms with Crippen LogP contribution >= 0.6 is 11.3 Å². The van der Waals surface area contributed by atoms with Gasteiger partial charge in [0.05, 0.1) is 22.8 Å². The summed E-state index contributed by atoms with van der Waals surface area (Å²) in [5.41, 5.74) is 1.90. The highest BCUT2D eigenvalue weighted by atomic mass is 32.1. The van der Waals surface area contributed by atoms with E-state index in [2.05, 4.69) is 34.5 Å². The van der Waals surface area contributed by atoms with Gasteiger partial charge in [-0.2, -0.15) is 0 Å². The van der Waals surface area contributed by atoms with E-state index in [1.807, 2.05) is 42.5 Å². The summed E-state index contributed by atoms with van der Waals surface area (Å²) >= 11 is 1.75. The molecule has 1 aliphatic heterocycles. The van der Waals surface area contributed by atoms with Crippen LogP contribution in [0.5, 0.6) is 0 Å². The molecule has 0 radical (unpaired) electrons. The number of para-hydroxylation sites is 1. The molecule has 1 aliphatic rings. The van der Waals surface area contributed by atoms with Gasteiger partial charge in [0.2, 0.25) is 5.91 Å². The second-order valence-corrected chi connectivity index (χ2v) is 8.32. The Balaban J connectivity index is 1.30. The van der Waals surface area contributed by atoms with Crippen LogP contribution in [0, 0.1) is 0 Å².